The van der Waals surface area contributed by atoms with Crippen LogP contribution in [0.3, 0.4) is 0 Å². The van der Waals surface area contributed by atoms with Gasteiger partial charge in [-0.15, -0.1) is 0 Å². The molecule has 0 N–H and O–H groups in total. The molecule has 0 atom stereocenters. The van der Waals surface area contributed by atoms with Gasteiger partial charge in [0.15, 0.2) is 5.82 Å². The molecule has 4 aromatic rings. The summed E-state index contributed by atoms with van der Waals surface area (Å²) < 4.78 is 3.51. The van der Waals surface area contributed by atoms with Crippen LogP contribution in [0, 0.1) is 41.5 Å². The summed E-state index contributed by atoms with van der Waals surface area (Å²) in [6, 6.07) is 8.25. The van der Waals surface area contributed by atoms with E-state index < -0.39 is 0 Å². The third-order valence-corrected chi connectivity index (χ3v) is 5.21. The Balaban J connectivity index is 1.96. The molecule has 0 spiro atoms. The lowest BCUT2D eigenvalue weighted by molar-refractivity contribution is 0.720. The number of benzene rings is 1. The van der Waals surface area contributed by atoms with Gasteiger partial charge in [-0.1, -0.05) is 0 Å². The van der Waals surface area contributed by atoms with E-state index in [2.05, 4.69) is 55.2 Å². The SMILES string of the molecule is Cc1cc(C)n(-c2nc(-c3cc(C)c(N(C)C)c(C)c3)nc(-n3nc(C)cc3C)n2)n1. The number of aryl methyl sites for hydroxylation is 6. The number of anilines is 1. The first kappa shape index (κ1) is 20.7. The zero-order valence-corrected chi connectivity index (χ0v) is 19.4. The number of hydrogen-bond acceptors (Lipinski definition) is 6. The first-order valence-corrected chi connectivity index (χ1v) is 10.3. The molecule has 3 heterocycles. The van der Waals surface area contributed by atoms with Crippen LogP contribution in [0.25, 0.3) is 23.3 Å². The van der Waals surface area contributed by atoms with E-state index in [0.717, 1.165) is 28.3 Å². The Labute approximate surface area is 182 Å². The van der Waals surface area contributed by atoms with Gasteiger partial charge >= 0.3 is 0 Å². The van der Waals surface area contributed by atoms with Gasteiger partial charge in [-0.05, 0) is 76.9 Å². The zero-order chi connectivity index (χ0) is 22.4. The summed E-state index contributed by atoms with van der Waals surface area (Å²) in [6.45, 7) is 12.1. The zero-order valence-electron chi connectivity index (χ0n) is 19.4. The van der Waals surface area contributed by atoms with Crippen LogP contribution in [0.15, 0.2) is 24.3 Å². The summed E-state index contributed by atoms with van der Waals surface area (Å²) in [6.07, 6.45) is 0. The standard InChI is InChI=1S/C23H28N8/c1-13-9-19(10-14(2)20(13)29(7)8)21-24-22(30-17(5)11-15(3)27-30)26-23(25-21)31-18(6)12-16(4)28-31/h9-12H,1-8H3. The number of hydrogen-bond donors (Lipinski definition) is 0. The van der Waals surface area contributed by atoms with Crippen molar-refractivity contribution in [2.24, 2.45) is 0 Å². The van der Waals surface area contributed by atoms with Crippen LogP contribution in [-0.2, 0) is 0 Å². The van der Waals surface area contributed by atoms with Crippen LogP contribution >= 0.6 is 0 Å². The quantitative estimate of drug-likeness (QED) is 0.503. The Bertz CT molecular complexity index is 1190. The Morgan fingerprint density at radius 3 is 1.45 bits per heavy atom. The predicted molar refractivity (Wildman–Crippen MR) is 122 cm³/mol. The molecule has 8 nitrogen and oxygen atoms in total. The monoisotopic (exact) mass is 416 g/mol. The largest absolute Gasteiger partial charge is 0.377 e. The lowest BCUT2D eigenvalue weighted by atomic mass is 10.0. The molecule has 0 fully saturated rings. The first-order valence-electron chi connectivity index (χ1n) is 10.3. The van der Waals surface area contributed by atoms with Gasteiger partial charge in [0.2, 0.25) is 0 Å². The molecule has 0 amide bonds. The Morgan fingerprint density at radius 2 is 1.10 bits per heavy atom. The highest BCUT2D eigenvalue weighted by molar-refractivity contribution is 5.68. The second kappa shape index (κ2) is 7.61. The van der Waals surface area contributed by atoms with E-state index in [9.17, 15) is 0 Å². The van der Waals surface area contributed by atoms with Crippen molar-refractivity contribution in [3.63, 3.8) is 0 Å². The minimum absolute atomic E-state index is 0.477. The maximum absolute atomic E-state index is 4.79. The van der Waals surface area contributed by atoms with Crippen molar-refractivity contribution in [1.29, 1.82) is 0 Å². The van der Waals surface area contributed by atoms with Gasteiger partial charge in [0, 0.05) is 36.7 Å². The van der Waals surface area contributed by atoms with E-state index in [0.29, 0.717) is 17.7 Å². The van der Waals surface area contributed by atoms with Crippen molar-refractivity contribution >= 4 is 5.69 Å². The van der Waals surface area contributed by atoms with Gasteiger partial charge in [0.05, 0.1) is 11.4 Å². The first-order chi connectivity index (χ1) is 14.6. The van der Waals surface area contributed by atoms with Crippen LogP contribution in [0.4, 0.5) is 5.69 Å². The highest BCUT2D eigenvalue weighted by atomic mass is 15.4. The highest BCUT2D eigenvalue weighted by Gasteiger charge is 2.17. The second-order valence-electron chi connectivity index (χ2n) is 8.29. The minimum Gasteiger partial charge on any atom is -0.377 e. The number of nitrogens with zero attached hydrogens (tertiary/aromatic N) is 8. The average molecular weight is 417 g/mol. The highest BCUT2D eigenvalue weighted by Crippen LogP contribution is 2.29. The van der Waals surface area contributed by atoms with Gasteiger partial charge in [-0.25, -0.2) is 9.36 Å². The summed E-state index contributed by atoms with van der Waals surface area (Å²) in [5.41, 5.74) is 8.22. The van der Waals surface area contributed by atoms with Crippen molar-refractivity contribution in [3.8, 4) is 23.3 Å². The molecule has 8 heteroatoms. The minimum atomic E-state index is 0.477. The van der Waals surface area contributed by atoms with Crippen molar-refractivity contribution in [1.82, 2.24) is 34.5 Å². The molecule has 3 aromatic heterocycles. The summed E-state index contributed by atoms with van der Waals surface area (Å²) in [4.78, 5) is 16.4. The maximum Gasteiger partial charge on any atom is 0.256 e. The molecule has 0 bridgehead atoms. The van der Waals surface area contributed by atoms with Crippen molar-refractivity contribution < 1.29 is 0 Å². The number of rotatable bonds is 4. The number of aromatic nitrogens is 7. The van der Waals surface area contributed by atoms with Crippen LogP contribution in [0.2, 0.25) is 0 Å². The fraction of sp³-hybridized carbons (Fsp3) is 0.348. The fourth-order valence-corrected chi connectivity index (χ4v) is 4.13. The van der Waals surface area contributed by atoms with Gasteiger partial charge in [-0.2, -0.15) is 25.1 Å². The molecule has 0 unspecified atom stereocenters. The fourth-order valence-electron chi connectivity index (χ4n) is 4.13. The molecule has 31 heavy (non-hydrogen) atoms. The summed E-state index contributed by atoms with van der Waals surface area (Å²) >= 11 is 0. The Kier molecular flexibility index (Phi) is 5.08. The van der Waals surface area contributed by atoms with E-state index in [1.807, 2.05) is 39.8 Å². The lowest BCUT2D eigenvalue weighted by Crippen LogP contribution is -2.14. The molecule has 160 valence electrons. The van der Waals surface area contributed by atoms with E-state index in [4.69, 9.17) is 15.0 Å². The third-order valence-electron chi connectivity index (χ3n) is 5.21. The molecule has 0 saturated heterocycles. The van der Waals surface area contributed by atoms with Gasteiger partial charge in [-0.3, -0.25) is 0 Å². The van der Waals surface area contributed by atoms with Crippen molar-refractivity contribution in [3.05, 3.63) is 58.2 Å². The maximum atomic E-state index is 4.79. The normalized spacial score (nSPS) is 11.2. The summed E-state index contributed by atoms with van der Waals surface area (Å²) in [5.74, 6) is 1.55. The average Bonchev–Trinajstić information content (AvgIpc) is 3.20. The smallest absolute Gasteiger partial charge is 0.256 e. The van der Waals surface area contributed by atoms with Gasteiger partial charge < -0.3 is 4.90 Å². The molecule has 0 aliphatic carbocycles. The Hall–Kier alpha value is -3.55. The van der Waals surface area contributed by atoms with Crippen LogP contribution < -0.4 is 4.90 Å². The molecule has 4 rings (SSSR count). The van der Waals surface area contributed by atoms with E-state index >= 15 is 0 Å². The molecule has 0 radical (unpaired) electrons. The molecular formula is C23H28N8. The van der Waals surface area contributed by atoms with Crippen LogP contribution in [-0.4, -0.2) is 48.6 Å². The van der Waals surface area contributed by atoms with Crippen molar-refractivity contribution in [2.45, 2.75) is 41.5 Å². The van der Waals surface area contributed by atoms with E-state index in [1.54, 1.807) is 9.36 Å². The Morgan fingerprint density at radius 1 is 0.645 bits per heavy atom. The van der Waals surface area contributed by atoms with Crippen LogP contribution in [0.5, 0.6) is 0 Å². The van der Waals surface area contributed by atoms with E-state index in [1.165, 1.54) is 16.8 Å². The van der Waals surface area contributed by atoms with Gasteiger partial charge in [0.25, 0.3) is 11.9 Å². The summed E-state index contributed by atoms with van der Waals surface area (Å²) in [7, 11) is 4.11. The molecule has 0 aliphatic heterocycles. The van der Waals surface area contributed by atoms with E-state index in [-0.39, 0.29) is 0 Å². The van der Waals surface area contributed by atoms with Crippen molar-refractivity contribution in [2.75, 3.05) is 19.0 Å². The molecule has 0 aliphatic rings. The second-order valence-corrected chi connectivity index (χ2v) is 8.29. The third kappa shape index (κ3) is 3.81. The van der Waals surface area contributed by atoms with Crippen LogP contribution in [0.1, 0.15) is 33.9 Å². The van der Waals surface area contributed by atoms with Gasteiger partial charge in [0.1, 0.15) is 0 Å². The summed E-state index contributed by atoms with van der Waals surface area (Å²) in [5, 5.41) is 9.16. The topological polar surface area (TPSA) is 77.5 Å². The molecule has 0 saturated carbocycles. The predicted octanol–water partition coefficient (Wildman–Crippen LogP) is 3.83. The lowest BCUT2D eigenvalue weighted by Gasteiger charge is -2.19. The molecular weight excluding hydrogens is 388 g/mol. The molecule has 1 aromatic carbocycles.